The monoisotopic (exact) mass is 763 g/mol. The summed E-state index contributed by atoms with van der Waals surface area (Å²) >= 11 is 0. The molecule has 2 saturated carbocycles. The quantitative estimate of drug-likeness (QED) is 0.155. The minimum atomic E-state index is -2.15. The van der Waals surface area contributed by atoms with Crippen molar-refractivity contribution in [1.82, 2.24) is 5.32 Å². The minimum Gasteiger partial charge on any atom is -0.456 e. The van der Waals surface area contributed by atoms with Crippen molar-refractivity contribution in [2.75, 3.05) is 6.61 Å². The van der Waals surface area contributed by atoms with Crippen LogP contribution in [-0.4, -0.2) is 98.7 Å². The fourth-order valence-corrected chi connectivity index (χ4v) is 9.57. The number of carbonyl (C=O) groups excluding carboxylic acids is 4. The molecule has 11 atom stereocenters. The van der Waals surface area contributed by atoms with Crippen molar-refractivity contribution < 1.29 is 58.6 Å². The third-order valence-electron chi connectivity index (χ3n) is 12.7. The van der Waals surface area contributed by atoms with Gasteiger partial charge in [0.25, 0.3) is 0 Å². The first-order chi connectivity index (χ1) is 25.6. The fraction of sp³-hybridized carbons (Fsp3) is 0.571. The summed E-state index contributed by atoms with van der Waals surface area (Å²) in [5, 5.41) is 51.3. The predicted molar refractivity (Wildman–Crippen MR) is 197 cm³/mol. The lowest BCUT2D eigenvalue weighted by Gasteiger charge is -2.68. The highest BCUT2D eigenvalue weighted by atomic mass is 16.6. The largest absolute Gasteiger partial charge is 0.456 e. The van der Waals surface area contributed by atoms with E-state index in [0.29, 0.717) is 5.56 Å². The minimum absolute atomic E-state index is 0.0369. The first kappa shape index (κ1) is 40.5. The molecule has 1 aliphatic heterocycles. The molecule has 3 fully saturated rings. The molecule has 4 aliphatic rings. The van der Waals surface area contributed by atoms with Gasteiger partial charge in [0.1, 0.15) is 29.5 Å². The number of rotatable bonds is 7. The predicted octanol–water partition coefficient (Wildman–Crippen LogP) is 3.96. The number of hydrogen-bond acceptors (Lipinski definition) is 12. The van der Waals surface area contributed by atoms with Gasteiger partial charge in [-0.1, -0.05) is 69.3 Å². The van der Waals surface area contributed by atoms with Crippen molar-refractivity contribution in [3.8, 4) is 0 Å². The Kier molecular flexibility index (Phi) is 10.4. The number of aliphatic hydroxyl groups is 4. The highest BCUT2D eigenvalue weighted by Gasteiger charge is 2.75. The Morgan fingerprint density at radius 3 is 2.11 bits per heavy atom. The molecule has 298 valence electrons. The number of fused-ring (bicyclic) bond motifs is 5. The Labute approximate surface area is 321 Å². The van der Waals surface area contributed by atoms with E-state index in [1.165, 1.54) is 0 Å². The van der Waals surface area contributed by atoms with Gasteiger partial charge in [-0.05, 0) is 63.5 Å². The number of esters is 2. The molecular weight excluding hydrogens is 710 g/mol. The van der Waals surface area contributed by atoms with E-state index < -0.39 is 99.8 Å². The second-order valence-electron chi connectivity index (χ2n) is 17.5. The van der Waals surface area contributed by atoms with Gasteiger partial charge in [-0.2, -0.15) is 0 Å². The van der Waals surface area contributed by atoms with Gasteiger partial charge in [-0.25, -0.2) is 14.4 Å². The van der Waals surface area contributed by atoms with Crippen LogP contribution in [-0.2, 0) is 28.5 Å². The molecule has 1 heterocycles. The summed E-state index contributed by atoms with van der Waals surface area (Å²) < 4.78 is 23.7. The average Bonchev–Trinajstić information content (AvgIpc) is 3.12. The summed E-state index contributed by atoms with van der Waals surface area (Å²) in [6.07, 6.45) is -9.80. The maximum Gasteiger partial charge on any atom is 0.408 e. The molecule has 1 unspecified atom stereocenters. The van der Waals surface area contributed by atoms with Crippen molar-refractivity contribution in [2.45, 2.75) is 122 Å². The normalized spacial score (nSPS) is 35.0. The second-order valence-corrected chi connectivity index (χ2v) is 17.5. The zero-order valence-electron chi connectivity index (χ0n) is 32.6. The van der Waals surface area contributed by atoms with Gasteiger partial charge in [-0.15, -0.1) is 0 Å². The number of Topliss-reactive ketones (excluding diaryl/α,β-unsaturated/α-hetero) is 1. The van der Waals surface area contributed by atoms with Crippen molar-refractivity contribution in [1.29, 1.82) is 0 Å². The van der Waals surface area contributed by atoms with E-state index in [4.69, 9.17) is 18.9 Å². The summed E-state index contributed by atoms with van der Waals surface area (Å²) in [4.78, 5) is 55.7. The Bertz CT molecular complexity index is 1860. The summed E-state index contributed by atoms with van der Waals surface area (Å²) in [5.41, 5.74) is -6.31. The molecule has 2 bridgehead atoms. The molecule has 1 saturated heterocycles. The van der Waals surface area contributed by atoms with Crippen LogP contribution >= 0.6 is 0 Å². The van der Waals surface area contributed by atoms with Crippen molar-refractivity contribution >= 4 is 23.8 Å². The lowest BCUT2D eigenvalue weighted by atomic mass is 9.42. The number of amides is 1. The van der Waals surface area contributed by atoms with Crippen LogP contribution in [0.25, 0.3) is 0 Å². The number of ether oxygens (including phenoxy) is 4. The lowest BCUT2D eigenvalue weighted by Crippen LogP contribution is -2.77. The van der Waals surface area contributed by atoms with Crippen LogP contribution < -0.4 is 5.32 Å². The Balaban J connectivity index is 1.45. The van der Waals surface area contributed by atoms with Crippen molar-refractivity contribution in [3.05, 3.63) is 82.9 Å². The van der Waals surface area contributed by atoms with Gasteiger partial charge in [0, 0.05) is 29.6 Å². The van der Waals surface area contributed by atoms with Crippen LogP contribution in [0.5, 0.6) is 0 Å². The first-order valence-electron chi connectivity index (χ1n) is 18.7. The van der Waals surface area contributed by atoms with E-state index >= 15 is 0 Å². The number of benzene rings is 2. The molecular formula is C42H53NO12. The van der Waals surface area contributed by atoms with Gasteiger partial charge < -0.3 is 44.7 Å². The average molecular weight is 764 g/mol. The molecule has 55 heavy (non-hydrogen) atoms. The smallest absolute Gasteiger partial charge is 0.408 e. The maximum atomic E-state index is 14.8. The highest BCUT2D eigenvalue weighted by Crippen LogP contribution is 2.65. The zero-order valence-corrected chi connectivity index (χ0v) is 32.6. The third kappa shape index (κ3) is 6.67. The molecule has 0 radical (unpaired) electrons. The van der Waals surface area contributed by atoms with Crippen LogP contribution in [0.2, 0.25) is 0 Å². The number of alkyl carbamates (subject to hydrolysis) is 1. The molecule has 5 N–H and O–H groups in total. The van der Waals surface area contributed by atoms with Crippen molar-refractivity contribution in [3.63, 3.8) is 0 Å². The highest BCUT2D eigenvalue weighted by molar-refractivity contribution is 5.94. The molecule has 1 amide bonds. The topological polar surface area (TPSA) is 198 Å². The second kappa shape index (κ2) is 14.1. The standard InChI is InChI=1S/C42H53NO12/c1-22-25(53-36(49)31(46)29(23-15-11-9-12-16-23)43-37(50)55-38(2,3)4)20-42(51)34(54-35(48)24-17-13-10-14-18-24)32-40(7)21-52-27(40)19-26(44)41(32,8)33(47)30(45)28(22)39(42,5)6/h9-18,25-27,29-32,34,44-46,51H,19-21H2,1-8H3,(H,43,50)/t25-,26-,27+,29-,30+,31+,32?,34-,40+,41+,42+/m0/s1. The molecule has 0 aromatic heterocycles. The number of ketones is 1. The molecule has 13 heteroatoms. The van der Waals surface area contributed by atoms with Crippen LogP contribution in [0.3, 0.4) is 0 Å². The van der Waals surface area contributed by atoms with E-state index in [-0.39, 0.29) is 36.2 Å². The van der Waals surface area contributed by atoms with Gasteiger partial charge >= 0.3 is 18.0 Å². The Morgan fingerprint density at radius 1 is 0.945 bits per heavy atom. The van der Waals surface area contributed by atoms with E-state index in [2.05, 4.69) is 5.32 Å². The molecule has 13 nitrogen and oxygen atoms in total. The number of nitrogens with one attached hydrogen (secondary N) is 1. The van der Waals surface area contributed by atoms with E-state index in [1.807, 2.05) is 6.92 Å². The first-order valence-corrected chi connectivity index (χ1v) is 18.7. The van der Waals surface area contributed by atoms with Gasteiger partial charge in [0.2, 0.25) is 0 Å². The zero-order chi connectivity index (χ0) is 40.5. The van der Waals surface area contributed by atoms with Crippen LogP contribution in [0.1, 0.15) is 90.2 Å². The summed E-state index contributed by atoms with van der Waals surface area (Å²) in [6, 6.07) is 15.1. The van der Waals surface area contributed by atoms with Crippen LogP contribution in [0, 0.1) is 22.2 Å². The molecule has 0 spiro atoms. The Hall–Kier alpha value is -4.14. The number of carbonyl (C=O) groups is 4. The summed E-state index contributed by atoms with van der Waals surface area (Å²) in [7, 11) is 0. The van der Waals surface area contributed by atoms with E-state index in [1.54, 1.807) is 109 Å². The SMILES string of the molecule is CC1=C2[C@@H](O)C(=O)[C@@]3(C)C([C@H](OC(=O)c4ccccc4)[C@](O)(C[C@@H]1OC(=O)[C@H](O)[C@@H](NC(=O)OC(C)(C)C)c1ccccc1)C2(C)C)[C@]1(C)CO[C@@H]1C[C@@H]3O. The van der Waals surface area contributed by atoms with Crippen molar-refractivity contribution in [2.24, 2.45) is 22.2 Å². The Morgan fingerprint density at radius 2 is 1.55 bits per heavy atom. The molecule has 2 aromatic carbocycles. The van der Waals surface area contributed by atoms with Gasteiger partial charge in [-0.3, -0.25) is 4.79 Å². The molecule has 2 aromatic rings. The number of hydrogen-bond donors (Lipinski definition) is 5. The summed E-state index contributed by atoms with van der Waals surface area (Å²) in [6.45, 7) is 13.4. The van der Waals surface area contributed by atoms with E-state index in [9.17, 15) is 39.6 Å². The lowest BCUT2D eigenvalue weighted by molar-refractivity contribution is -0.313. The third-order valence-corrected chi connectivity index (χ3v) is 12.7. The van der Waals surface area contributed by atoms with Crippen LogP contribution in [0.4, 0.5) is 4.79 Å². The number of aliphatic hydroxyl groups excluding tert-OH is 3. The molecule has 6 rings (SSSR count). The van der Waals surface area contributed by atoms with Gasteiger partial charge in [0.15, 0.2) is 11.9 Å². The van der Waals surface area contributed by atoms with Gasteiger partial charge in [0.05, 0.1) is 35.8 Å². The van der Waals surface area contributed by atoms with E-state index in [0.717, 1.165) is 0 Å². The maximum absolute atomic E-state index is 14.8. The summed E-state index contributed by atoms with van der Waals surface area (Å²) in [5.74, 6) is -3.78. The molecule has 3 aliphatic carbocycles. The fourth-order valence-electron chi connectivity index (χ4n) is 9.57. The van der Waals surface area contributed by atoms with Crippen LogP contribution in [0.15, 0.2) is 71.8 Å².